The van der Waals surface area contributed by atoms with Gasteiger partial charge in [-0.15, -0.1) is 0 Å². The molecule has 1 aromatic carbocycles. The van der Waals surface area contributed by atoms with E-state index >= 15 is 0 Å². The monoisotopic (exact) mass is 286 g/mol. The van der Waals surface area contributed by atoms with Crippen LogP contribution in [0.25, 0.3) is 0 Å². The molecule has 110 valence electrons. The summed E-state index contributed by atoms with van der Waals surface area (Å²) >= 11 is 0. The topological polar surface area (TPSA) is 66.5 Å². The lowest BCUT2D eigenvalue weighted by Crippen LogP contribution is -2.39. The van der Waals surface area contributed by atoms with Crippen molar-refractivity contribution in [2.45, 2.75) is 32.2 Å². The number of anilines is 1. The molecule has 2 amide bonds. The van der Waals surface area contributed by atoms with Crippen molar-refractivity contribution in [2.75, 3.05) is 11.4 Å². The second-order valence-corrected chi connectivity index (χ2v) is 5.78. The Balaban J connectivity index is 1.72. The molecule has 1 atom stereocenters. The number of ketones is 1. The minimum Gasteiger partial charge on any atom is -0.305 e. The van der Waals surface area contributed by atoms with E-state index in [-0.39, 0.29) is 24.0 Å². The van der Waals surface area contributed by atoms with Gasteiger partial charge in [0, 0.05) is 5.56 Å². The second kappa shape index (κ2) is 5.41. The first-order valence-corrected chi connectivity index (χ1v) is 7.27. The van der Waals surface area contributed by atoms with Gasteiger partial charge in [-0.2, -0.15) is 0 Å². The number of carbonyl (C=O) groups is 3. The van der Waals surface area contributed by atoms with E-state index in [1.54, 1.807) is 24.3 Å². The molecule has 0 unspecified atom stereocenters. The maximum absolute atomic E-state index is 12.3. The van der Waals surface area contributed by atoms with E-state index in [0.29, 0.717) is 17.2 Å². The van der Waals surface area contributed by atoms with Gasteiger partial charge in [0.1, 0.15) is 0 Å². The molecule has 0 aromatic heterocycles. The molecule has 3 rings (SSSR count). The van der Waals surface area contributed by atoms with Gasteiger partial charge >= 0.3 is 0 Å². The Morgan fingerprint density at radius 1 is 1.24 bits per heavy atom. The van der Waals surface area contributed by atoms with Crippen LogP contribution in [0.1, 0.15) is 36.5 Å². The molecular formula is C16H18N2O3. The van der Waals surface area contributed by atoms with Gasteiger partial charge in [-0.3, -0.25) is 14.4 Å². The molecule has 5 nitrogen and oxygen atoms in total. The number of nitrogens with zero attached hydrogens (tertiary/aromatic N) is 1. The first kappa shape index (κ1) is 13.9. The number of hydrogen-bond acceptors (Lipinski definition) is 4. The molecule has 0 spiro atoms. The van der Waals surface area contributed by atoms with E-state index in [0.717, 1.165) is 6.54 Å². The van der Waals surface area contributed by atoms with Crippen molar-refractivity contribution >= 4 is 23.3 Å². The SMILES string of the molecule is CC(=O)c1ccc(N2C(=O)C[C@@H](NCC3CC3)C2=O)cc1. The van der Waals surface area contributed by atoms with Crippen molar-refractivity contribution in [3.63, 3.8) is 0 Å². The Bertz CT molecular complexity index is 590. The highest BCUT2D eigenvalue weighted by Gasteiger charge is 2.39. The predicted octanol–water partition coefficient (Wildman–Crippen LogP) is 1.52. The van der Waals surface area contributed by atoms with Crippen LogP contribution < -0.4 is 10.2 Å². The summed E-state index contributed by atoms with van der Waals surface area (Å²) in [6, 6.07) is 6.17. The average Bonchev–Trinajstić information content (AvgIpc) is 3.23. The minimum atomic E-state index is -0.411. The van der Waals surface area contributed by atoms with E-state index in [2.05, 4.69) is 5.32 Å². The molecule has 1 saturated heterocycles. The molecule has 1 aliphatic heterocycles. The second-order valence-electron chi connectivity index (χ2n) is 5.78. The smallest absolute Gasteiger partial charge is 0.251 e. The van der Waals surface area contributed by atoms with Gasteiger partial charge in [0.2, 0.25) is 5.91 Å². The zero-order valence-electron chi connectivity index (χ0n) is 12.0. The zero-order valence-corrected chi connectivity index (χ0v) is 12.0. The van der Waals surface area contributed by atoms with Crippen molar-refractivity contribution < 1.29 is 14.4 Å². The normalized spacial score (nSPS) is 22.0. The van der Waals surface area contributed by atoms with Crippen LogP contribution in [-0.4, -0.2) is 30.2 Å². The van der Waals surface area contributed by atoms with Crippen LogP contribution in [0.4, 0.5) is 5.69 Å². The Morgan fingerprint density at radius 3 is 2.48 bits per heavy atom. The van der Waals surface area contributed by atoms with Crippen molar-refractivity contribution in [1.82, 2.24) is 5.32 Å². The van der Waals surface area contributed by atoms with Gasteiger partial charge < -0.3 is 5.32 Å². The third-order valence-electron chi connectivity index (χ3n) is 4.03. The van der Waals surface area contributed by atoms with Crippen LogP contribution in [0.3, 0.4) is 0 Å². The maximum atomic E-state index is 12.3. The van der Waals surface area contributed by atoms with E-state index in [1.807, 2.05) is 0 Å². The highest BCUT2D eigenvalue weighted by Crippen LogP contribution is 2.29. The summed E-state index contributed by atoms with van der Waals surface area (Å²) in [4.78, 5) is 36.9. The molecule has 21 heavy (non-hydrogen) atoms. The van der Waals surface area contributed by atoms with Gasteiger partial charge in [-0.05, 0) is 56.5 Å². The number of Topliss-reactive ketones (excluding diaryl/α,β-unsaturated/α-hetero) is 1. The van der Waals surface area contributed by atoms with Crippen molar-refractivity contribution in [2.24, 2.45) is 5.92 Å². The number of rotatable bonds is 5. The molecule has 1 aliphatic carbocycles. The predicted molar refractivity (Wildman–Crippen MR) is 78.1 cm³/mol. The number of imide groups is 1. The first-order chi connectivity index (χ1) is 10.1. The van der Waals surface area contributed by atoms with Crippen molar-refractivity contribution in [3.8, 4) is 0 Å². The lowest BCUT2D eigenvalue weighted by atomic mass is 10.1. The number of nitrogens with one attached hydrogen (secondary N) is 1. The van der Waals surface area contributed by atoms with Crippen molar-refractivity contribution in [1.29, 1.82) is 0 Å². The number of hydrogen-bond donors (Lipinski definition) is 1. The summed E-state index contributed by atoms with van der Waals surface area (Å²) in [6.07, 6.45) is 2.62. The summed E-state index contributed by atoms with van der Waals surface area (Å²) < 4.78 is 0. The number of benzene rings is 1. The van der Waals surface area contributed by atoms with Crippen LogP contribution in [0.5, 0.6) is 0 Å². The van der Waals surface area contributed by atoms with E-state index in [1.165, 1.54) is 24.7 Å². The minimum absolute atomic E-state index is 0.0374. The number of amides is 2. The fourth-order valence-electron chi connectivity index (χ4n) is 2.54. The standard InChI is InChI=1S/C16H18N2O3/c1-10(19)12-4-6-13(7-5-12)18-15(20)8-14(16(18)21)17-9-11-2-3-11/h4-7,11,14,17H,2-3,8-9H2,1H3/t14-/m1/s1. The fraction of sp³-hybridized carbons (Fsp3) is 0.438. The van der Waals surface area contributed by atoms with Gasteiger partial charge in [-0.1, -0.05) is 0 Å². The highest BCUT2D eigenvalue weighted by atomic mass is 16.2. The molecule has 2 fully saturated rings. The van der Waals surface area contributed by atoms with Crippen LogP contribution in [-0.2, 0) is 9.59 Å². The maximum Gasteiger partial charge on any atom is 0.251 e. The quantitative estimate of drug-likeness (QED) is 0.658. The van der Waals surface area contributed by atoms with Gasteiger partial charge in [-0.25, -0.2) is 4.90 Å². The van der Waals surface area contributed by atoms with Crippen molar-refractivity contribution in [3.05, 3.63) is 29.8 Å². The molecule has 5 heteroatoms. The highest BCUT2D eigenvalue weighted by molar-refractivity contribution is 6.22. The summed E-state index contributed by atoms with van der Waals surface area (Å²) in [7, 11) is 0. The van der Waals surface area contributed by atoms with E-state index < -0.39 is 6.04 Å². The van der Waals surface area contributed by atoms with Crippen LogP contribution in [0, 0.1) is 5.92 Å². The largest absolute Gasteiger partial charge is 0.305 e. The van der Waals surface area contributed by atoms with Gasteiger partial charge in [0.05, 0.1) is 18.2 Å². The molecule has 1 N–H and O–H groups in total. The first-order valence-electron chi connectivity index (χ1n) is 7.27. The Kier molecular flexibility index (Phi) is 3.59. The molecule has 0 radical (unpaired) electrons. The Morgan fingerprint density at radius 2 is 1.90 bits per heavy atom. The third-order valence-corrected chi connectivity index (χ3v) is 4.03. The molecule has 1 heterocycles. The summed E-state index contributed by atoms with van der Waals surface area (Å²) in [5.41, 5.74) is 1.10. The van der Waals surface area contributed by atoms with Gasteiger partial charge in [0.15, 0.2) is 5.78 Å². The average molecular weight is 286 g/mol. The Labute approximate surface area is 123 Å². The lowest BCUT2D eigenvalue weighted by molar-refractivity contribution is -0.121. The summed E-state index contributed by atoms with van der Waals surface area (Å²) in [6.45, 7) is 2.29. The van der Waals surface area contributed by atoms with E-state index in [4.69, 9.17) is 0 Å². The van der Waals surface area contributed by atoms with E-state index in [9.17, 15) is 14.4 Å². The lowest BCUT2D eigenvalue weighted by Gasteiger charge is -2.15. The molecule has 0 bridgehead atoms. The van der Waals surface area contributed by atoms with Crippen LogP contribution in [0.2, 0.25) is 0 Å². The van der Waals surface area contributed by atoms with Crippen LogP contribution in [0.15, 0.2) is 24.3 Å². The number of carbonyl (C=O) groups excluding carboxylic acids is 3. The molecule has 1 saturated carbocycles. The summed E-state index contributed by atoms with van der Waals surface area (Å²) in [5, 5.41) is 3.19. The van der Waals surface area contributed by atoms with Gasteiger partial charge in [0.25, 0.3) is 5.91 Å². The zero-order chi connectivity index (χ0) is 15.0. The molecular weight excluding hydrogens is 268 g/mol. The third kappa shape index (κ3) is 2.88. The molecule has 2 aliphatic rings. The fourth-order valence-corrected chi connectivity index (χ4v) is 2.54. The summed E-state index contributed by atoms with van der Waals surface area (Å²) in [5.74, 6) is 0.238. The molecule has 1 aromatic rings. The van der Waals surface area contributed by atoms with Crippen LogP contribution >= 0.6 is 0 Å². The Hall–Kier alpha value is -2.01.